The molecule has 6 nitrogen and oxygen atoms in total. The molecule has 1 atom stereocenters. The van der Waals surface area contributed by atoms with E-state index in [0.717, 1.165) is 19.6 Å². The van der Waals surface area contributed by atoms with Crippen molar-refractivity contribution in [2.45, 2.75) is 13.0 Å². The van der Waals surface area contributed by atoms with Crippen LogP contribution >= 0.6 is 0 Å². The summed E-state index contributed by atoms with van der Waals surface area (Å²) in [6.07, 6.45) is 1.59. The van der Waals surface area contributed by atoms with E-state index in [4.69, 9.17) is 10.5 Å². The number of aromatic nitrogens is 1. The Morgan fingerprint density at radius 1 is 1.68 bits per heavy atom. The number of hydrogen-bond acceptors (Lipinski definition) is 5. The number of hydrogen-bond donors (Lipinski definition) is 2. The van der Waals surface area contributed by atoms with Gasteiger partial charge in [0.2, 0.25) is 0 Å². The molecular weight excluding hydrogens is 244 g/mol. The molecule has 6 heteroatoms. The molecule has 2 heterocycles. The van der Waals surface area contributed by atoms with Gasteiger partial charge >= 0.3 is 0 Å². The van der Waals surface area contributed by atoms with Crippen molar-refractivity contribution in [1.82, 2.24) is 15.2 Å². The molecule has 0 aromatic carbocycles. The Hall–Kier alpha value is -1.66. The summed E-state index contributed by atoms with van der Waals surface area (Å²) in [4.78, 5) is 18.2. The smallest absolute Gasteiger partial charge is 0.272 e. The van der Waals surface area contributed by atoms with Crippen LogP contribution in [-0.2, 0) is 4.74 Å². The van der Waals surface area contributed by atoms with Gasteiger partial charge in [0.15, 0.2) is 5.69 Å². The van der Waals surface area contributed by atoms with Crippen LogP contribution in [0.1, 0.15) is 17.4 Å². The number of amides is 1. The number of likely N-dealkylation sites (N-methyl/N-ethyl adjacent to an activating group) is 1. The Bertz CT molecular complexity index is 438. The SMILES string of the molecule is CCN1CCOC(CNC(=O)c2ncccc2N)C1. The molecule has 1 aromatic heterocycles. The Labute approximate surface area is 112 Å². The van der Waals surface area contributed by atoms with Crippen molar-refractivity contribution in [1.29, 1.82) is 0 Å². The molecule has 0 radical (unpaired) electrons. The highest BCUT2D eigenvalue weighted by atomic mass is 16.5. The Kier molecular flexibility index (Phi) is 4.70. The molecule has 19 heavy (non-hydrogen) atoms. The Morgan fingerprint density at radius 2 is 2.53 bits per heavy atom. The maximum Gasteiger partial charge on any atom is 0.272 e. The summed E-state index contributed by atoms with van der Waals surface area (Å²) >= 11 is 0. The van der Waals surface area contributed by atoms with Crippen LogP contribution < -0.4 is 11.1 Å². The lowest BCUT2D eigenvalue weighted by atomic mass is 10.2. The van der Waals surface area contributed by atoms with E-state index in [1.807, 2.05) is 0 Å². The second kappa shape index (κ2) is 6.49. The predicted molar refractivity (Wildman–Crippen MR) is 72.8 cm³/mol. The van der Waals surface area contributed by atoms with Crippen LogP contribution in [0.4, 0.5) is 5.69 Å². The van der Waals surface area contributed by atoms with Gasteiger partial charge in [-0.25, -0.2) is 4.98 Å². The predicted octanol–water partition coefficient (Wildman–Crippen LogP) is 0.114. The lowest BCUT2D eigenvalue weighted by molar-refractivity contribution is -0.0246. The number of nitrogens with two attached hydrogens (primary N) is 1. The zero-order chi connectivity index (χ0) is 13.7. The van der Waals surface area contributed by atoms with Gasteiger partial charge in [0.1, 0.15) is 0 Å². The zero-order valence-electron chi connectivity index (χ0n) is 11.1. The summed E-state index contributed by atoms with van der Waals surface area (Å²) < 4.78 is 5.62. The fraction of sp³-hybridized carbons (Fsp3) is 0.538. The molecule has 1 aromatic rings. The van der Waals surface area contributed by atoms with E-state index < -0.39 is 0 Å². The van der Waals surface area contributed by atoms with Crippen molar-refractivity contribution in [2.24, 2.45) is 0 Å². The number of pyridine rings is 1. The fourth-order valence-electron chi connectivity index (χ4n) is 2.09. The van der Waals surface area contributed by atoms with E-state index in [-0.39, 0.29) is 17.7 Å². The maximum atomic E-state index is 11.9. The molecule has 1 aliphatic heterocycles. The highest BCUT2D eigenvalue weighted by Gasteiger charge is 2.20. The van der Waals surface area contributed by atoms with Crippen LogP contribution in [0.15, 0.2) is 18.3 Å². The van der Waals surface area contributed by atoms with Crippen LogP contribution in [0.2, 0.25) is 0 Å². The molecule has 0 bridgehead atoms. The molecule has 1 fully saturated rings. The summed E-state index contributed by atoms with van der Waals surface area (Å²) in [5, 5.41) is 2.82. The van der Waals surface area contributed by atoms with Crippen molar-refractivity contribution < 1.29 is 9.53 Å². The van der Waals surface area contributed by atoms with Crippen LogP contribution in [0, 0.1) is 0 Å². The first-order valence-electron chi connectivity index (χ1n) is 6.53. The van der Waals surface area contributed by atoms with Gasteiger partial charge in [0.25, 0.3) is 5.91 Å². The largest absolute Gasteiger partial charge is 0.397 e. The van der Waals surface area contributed by atoms with Gasteiger partial charge in [-0.15, -0.1) is 0 Å². The average Bonchev–Trinajstić information content (AvgIpc) is 2.45. The molecule has 0 saturated carbocycles. The normalized spacial score (nSPS) is 20.2. The van der Waals surface area contributed by atoms with E-state index in [2.05, 4.69) is 22.1 Å². The minimum atomic E-state index is -0.254. The summed E-state index contributed by atoms with van der Waals surface area (Å²) in [7, 11) is 0. The summed E-state index contributed by atoms with van der Waals surface area (Å²) in [6.45, 7) is 6.10. The fourth-order valence-corrected chi connectivity index (χ4v) is 2.09. The molecule has 1 aliphatic rings. The zero-order valence-corrected chi connectivity index (χ0v) is 11.1. The van der Waals surface area contributed by atoms with Crippen molar-refractivity contribution in [3.8, 4) is 0 Å². The van der Waals surface area contributed by atoms with Gasteiger partial charge < -0.3 is 15.8 Å². The van der Waals surface area contributed by atoms with Gasteiger partial charge in [-0.3, -0.25) is 9.69 Å². The van der Waals surface area contributed by atoms with E-state index >= 15 is 0 Å². The second-order valence-electron chi connectivity index (χ2n) is 4.54. The third-order valence-corrected chi connectivity index (χ3v) is 3.21. The number of rotatable bonds is 4. The molecule has 1 saturated heterocycles. The number of ether oxygens (including phenoxy) is 1. The van der Waals surface area contributed by atoms with E-state index in [9.17, 15) is 4.79 Å². The number of nitrogens with zero attached hydrogens (tertiary/aromatic N) is 2. The maximum absolute atomic E-state index is 11.9. The van der Waals surface area contributed by atoms with E-state index in [1.54, 1.807) is 18.3 Å². The number of carbonyl (C=O) groups is 1. The topological polar surface area (TPSA) is 80.5 Å². The van der Waals surface area contributed by atoms with Crippen LogP contribution in [-0.4, -0.2) is 54.7 Å². The first-order chi connectivity index (χ1) is 9.20. The number of morpholine rings is 1. The number of nitrogens with one attached hydrogen (secondary N) is 1. The molecular formula is C13H20N4O2. The van der Waals surface area contributed by atoms with Crippen molar-refractivity contribution in [3.05, 3.63) is 24.0 Å². The Balaban J connectivity index is 1.85. The number of nitrogen functional groups attached to an aromatic ring is 1. The first kappa shape index (κ1) is 13.8. The average molecular weight is 264 g/mol. The Morgan fingerprint density at radius 3 is 3.26 bits per heavy atom. The van der Waals surface area contributed by atoms with Crippen molar-refractivity contribution in [2.75, 3.05) is 38.5 Å². The molecule has 2 rings (SSSR count). The van der Waals surface area contributed by atoms with Crippen LogP contribution in [0.25, 0.3) is 0 Å². The highest BCUT2D eigenvalue weighted by Crippen LogP contribution is 2.07. The standard InChI is InChI=1S/C13H20N4O2/c1-2-17-6-7-19-10(9-17)8-16-13(18)12-11(14)4-3-5-15-12/h3-5,10H,2,6-9,14H2,1H3,(H,16,18). The summed E-state index contributed by atoms with van der Waals surface area (Å²) in [5.41, 5.74) is 6.37. The summed E-state index contributed by atoms with van der Waals surface area (Å²) in [5.74, 6) is -0.254. The molecule has 3 N–H and O–H groups in total. The van der Waals surface area contributed by atoms with E-state index in [0.29, 0.717) is 18.8 Å². The van der Waals surface area contributed by atoms with Gasteiger partial charge in [0, 0.05) is 25.8 Å². The summed E-state index contributed by atoms with van der Waals surface area (Å²) in [6, 6.07) is 3.37. The number of carbonyl (C=O) groups excluding carboxylic acids is 1. The third kappa shape index (κ3) is 3.65. The van der Waals surface area contributed by atoms with E-state index in [1.165, 1.54) is 0 Å². The van der Waals surface area contributed by atoms with Gasteiger partial charge in [-0.1, -0.05) is 6.92 Å². The van der Waals surface area contributed by atoms with Crippen molar-refractivity contribution in [3.63, 3.8) is 0 Å². The lowest BCUT2D eigenvalue weighted by Crippen LogP contribution is -2.47. The van der Waals surface area contributed by atoms with Gasteiger partial charge in [0.05, 0.1) is 18.4 Å². The molecule has 1 unspecified atom stereocenters. The van der Waals surface area contributed by atoms with Crippen LogP contribution in [0.5, 0.6) is 0 Å². The highest BCUT2D eigenvalue weighted by molar-refractivity contribution is 5.96. The quantitative estimate of drug-likeness (QED) is 0.807. The number of anilines is 1. The first-order valence-corrected chi connectivity index (χ1v) is 6.53. The molecule has 1 amide bonds. The second-order valence-corrected chi connectivity index (χ2v) is 4.54. The molecule has 0 aliphatic carbocycles. The third-order valence-electron chi connectivity index (χ3n) is 3.21. The van der Waals surface area contributed by atoms with Crippen molar-refractivity contribution >= 4 is 11.6 Å². The minimum Gasteiger partial charge on any atom is -0.397 e. The molecule has 0 spiro atoms. The monoisotopic (exact) mass is 264 g/mol. The van der Waals surface area contributed by atoms with Gasteiger partial charge in [-0.05, 0) is 18.7 Å². The molecule has 104 valence electrons. The van der Waals surface area contributed by atoms with Gasteiger partial charge in [-0.2, -0.15) is 0 Å². The minimum absolute atomic E-state index is 0.0302. The lowest BCUT2D eigenvalue weighted by Gasteiger charge is -2.32. The van der Waals surface area contributed by atoms with Crippen LogP contribution in [0.3, 0.4) is 0 Å².